The van der Waals surface area contributed by atoms with Gasteiger partial charge in [-0.15, -0.1) is 37.4 Å². The maximum atomic E-state index is 13.5. The summed E-state index contributed by atoms with van der Waals surface area (Å²) in [7, 11) is -48.6. The quantitative estimate of drug-likeness (QED) is 0.0166. The summed E-state index contributed by atoms with van der Waals surface area (Å²) in [6.07, 6.45) is -11.7. The number of hydrogen-bond acceptors (Lipinski definition) is 22. The van der Waals surface area contributed by atoms with Gasteiger partial charge in [0.1, 0.15) is 12.2 Å². The molecule has 9 atom stereocenters. The number of phosphoric ester groups is 4. The van der Waals surface area contributed by atoms with E-state index in [1.807, 2.05) is 0 Å². The van der Waals surface area contributed by atoms with Crippen LogP contribution in [-0.4, -0.2) is 102 Å². The van der Waals surface area contributed by atoms with E-state index in [-0.39, 0.29) is 19.3 Å². The van der Waals surface area contributed by atoms with Gasteiger partial charge < -0.3 is 68.2 Å². The molecule has 12 N–H and O–H groups in total. The van der Waals surface area contributed by atoms with Gasteiger partial charge in [-0.1, -0.05) is 27.2 Å². The van der Waals surface area contributed by atoms with Gasteiger partial charge >= 0.3 is 62.6 Å². The molecule has 9 unspecified atom stereocenters. The summed E-state index contributed by atoms with van der Waals surface area (Å²) in [5, 5.41) is 0. The third kappa shape index (κ3) is 20.1. The molecule has 0 aromatic rings. The predicted molar refractivity (Wildman–Crippen MR) is 174 cm³/mol. The number of unbranched alkanes of at least 4 members (excludes halogenated alkanes) is 1. The standard InChI is InChI=1S/C16H40O34P8/c1-4-7-11-37-15(13(6-3)40-56(31,32)48-44-52(20,21)22)9-8-12(39-55(29,30)47-43-51(17,18)19)14(41-57(33,34)49-45-53(23,24)25)16(15,38-10-5-2)42-58(35,36)50-46-54(26,27)28/h12-14H,4-11H2,1-3H3,(H,29,30)(H,31,32)(H,33,34)(H,35,36)(H2,17,18,19)(H2,20,21,22)(H2,23,24,25)(H2,26,27,28). The van der Waals surface area contributed by atoms with Gasteiger partial charge in [0.05, 0.1) is 0 Å². The fraction of sp³-hybridized carbons (Fsp3) is 1.00. The van der Waals surface area contributed by atoms with Crippen LogP contribution >= 0.6 is 62.6 Å². The maximum absolute atomic E-state index is 13.5. The van der Waals surface area contributed by atoms with Crippen molar-refractivity contribution in [1.82, 2.24) is 0 Å². The maximum Gasteiger partial charge on any atom is 0.502 e. The molecule has 0 amide bonds. The van der Waals surface area contributed by atoms with Gasteiger partial charge in [0, 0.05) is 13.2 Å². The van der Waals surface area contributed by atoms with Crippen LogP contribution in [0.3, 0.4) is 0 Å². The summed E-state index contributed by atoms with van der Waals surface area (Å²) in [6.45, 7) is 2.27. The molecule has 58 heavy (non-hydrogen) atoms. The Kier molecular flexibility index (Phi) is 21.7. The van der Waals surface area contributed by atoms with Crippen LogP contribution < -0.4 is 0 Å². The summed E-state index contributed by atoms with van der Waals surface area (Å²) in [4.78, 5) is 114. The first-order valence-electron chi connectivity index (χ1n) is 15.1. The molecule has 0 aromatic heterocycles. The van der Waals surface area contributed by atoms with E-state index in [1.165, 1.54) is 6.92 Å². The first-order valence-corrected chi connectivity index (χ1v) is 27.2. The summed E-state index contributed by atoms with van der Waals surface area (Å²) < 4.78 is 159. The summed E-state index contributed by atoms with van der Waals surface area (Å²) in [6, 6.07) is 0. The number of hydrogen-bond donors (Lipinski definition) is 12. The molecule has 0 aliphatic heterocycles. The highest BCUT2D eigenvalue weighted by Gasteiger charge is 2.73. The second-order valence-electron chi connectivity index (χ2n) is 10.8. The average molecular weight is 1020 g/mol. The molecule has 0 radical (unpaired) electrons. The molecular formula is C16H40O34P8. The minimum Gasteiger partial charge on any atom is -0.366 e. The average Bonchev–Trinajstić information content (AvgIpc) is 3.04. The molecule has 1 rings (SSSR count). The van der Waals surface area contributed by atoms with E-state index >= 15 is 0 Å². The van der Waals surface area contributed by atoms with E-state index in [0.717, 1.165) is 6.92 Å². The number of ether oxygens (including phenoxy) is 2. The van der Waals surface area contributed by atoms with Crippen molar-refractivity contribution in [1.29, 1.82) is 0 Å². The summed E-state index contributed by atoms with van der Waals surface area (Å²) in [5.74, 6) is -3.94. The van der Waals surface area contributed by atoms with Gasteiger partial charge in [-0.05, 0) is 32.1 Å². The second kappa shape index (κ2) is 22.1. The molecule has 1 saturated carbocycles. The van der Waals surface area contributed by atoms with Crippen molar-refractivity contribution >= 4 is 62.6 Å². The lowest BCUT2D eigenvalue weighted by Crippen LogP contribution is -2.75. The largest absolute Gasteiger partial charge is 0.502 e. The zero-order valence-electron chi connectivity index (χ0n) is 29.3. The Morgan fingerprint density at radius 1 is 0.534 bits per heavy atom. The minimum atomic E-state index is -6.53. The van der Waals surface area contributed by atoms with Crippen molar-refractivity contribution in [2.45, 2.75) is 89.0 Å². The van der Waals surface area contributed by atoms with Crippen LogP contribution in [0.2, 0.25) is 0 Å². The molecule has 0 saturated heterocycles. The molecule has 0 bridgehead atoms. The molecule has 0 spiro atoms. The topological polar surface area (TPSA) is 509 Å². The molecule has 1 aliphatic carbocycles. The second-order valence-corrected chi connectivity index (χ2v) is 20.5. The third-order valence-corrected chi connectivity index (χ3v) is 10.9. The lowest BCUT2D eigenvalue weighted by atomic mass is 9.71. The van der Waals surface area contributed by atoms with Crippen LogP contribution in [0.25, 0.3) is 0 Å². The van der Waals surface area contributed by atoms with E-state index in [9.17, 15) is 56.1 Å². The molecule has 1 aliphatic rings. The van der Waals surface area contributed by atoms with Crippen LogP contribution in [0.15, 0.2) is 0 Å². The molecule has 34 nitrogen and oxygen atoms in total. The van der Waals surface area contributed by atoms with Gasteiger partial charge in [0.2, 0.25) is 5.79 Å². The molecular weight excluding hydrogens is 984 g/mol. The van der Waals surface area contributed by atoms with E-state index in [0.29, 0.717) is 0 Å². The van der Waals surface area contributed by atoms with Crippen LogP contribution in [0.1, 0.15) is 59.3 Å². The van der Waals surface area contributed by atoms with Crippen LogP contribution in [0, 0.1) is 0 Å². The molecule has 348 valence electrons. The normalized spacial score (nSPS) is 27.2. The monoisotopic (exact) mass is 1020 g/mol. The molecule has 0 heterocycles. The fourth-order valence-electron chi connectivity index (χ4n) is 4.62. The summed E-state index contributed by atoms with van der Waals surface area (Å²) in [5.41, 5.74) is -3.16. The SMILES string of the molecule is CCCCOC1(C(CC)OP(=O)(O)OOP(=O)(O)O)CCC(OP(=O)(O)OOP(=O)(O)O)C(OP(=O)(O)OOP(=O)(O)O)C1(OCCC)OP(=O)(O)OOP(=O)(O)O. The van der Waals surface area contributed by atoms with Crippen molar-refractivity contribution in [3.8, 4) is 0 Å². The van der Waals surface area contributed by atoms with Crippen molar-refractivity contribution in [2.24, 2.45) is 0 Å². The zero-order chi connectivity index (χ0) is 45.3. The first kappa shape index (κ1) is 56.8. The van der Waals surface area contributed by atoms with E-state index in [4.69, 9.17) is 66.7 Å². The van der Waals surface area contributed by atoms with Gasteiger partial charge in [-0.2, -0.15) is 0 Å². The number of rotatable bonds is 29. The van der Waals surface area contributed by atoms with E-state index in [2.05, 4.69) is 37.4 Å². The van der Waals surface area contributed by atoms with Crippen molar-refractivity contribution < 1.29 is 160 Å². The highest BCUT2D eigenvalue weighted by molar-refractivity contribution is 7.50. The smallest absolute Gasteiger partial charge is 0.366 e. The fourth-order valence-corrected chi connectivity index (χ4v) is 9.91. The van der Waals surface area contributed by atoms with Crippen molar-refractivity contribution in [3.05, 3.63) is 0 Å². The van der Waals surface area contributed by atoms with Crippen LogP contribution in [0.5, 0.6) is 0 Å². The van der Waals surface area contributed by atoms with Gasteiger partial charge in [-0.25, -0.2) is 41.0 Å². The highest BCUT2D eigenvalue weighted by atomic mass is 31.2. The zero-order valence-corrected chi connectivity index (χ0v) is 36.5. The van der Waals surface area contributed by atoms with Crippen LogP contribution in [-0.2, 0) is 101 Å². The Hall–Kier alpha value is 0.800. The van der Waals surface area contributed by atoms with Gasteiger partial charge in [0.25, 0.3) is 0 Å². The Bertz CT molecular complexity index is 1710. The van der Waals surface area contributed by atoms with Crippen molar-refractivity contribution in [3.63, 3.8) is 0 Å². The van der Waals surface area contributed by atoms with Crippen molar-refractivity contribution in [2.75, 3.05) is 13.2 Å². The molecule has 1 fully saturated rings. The minimum absolute atomic E-state index is 0.0756. The Morgan fingerprint density at radius 2 is 0.966 bits per heavy atom. The summed E-state index contributed by atoms with van der Waals surface area (Å²) >= 11 is 0. The third-order valence-electron chi connectivity index (χ3n) is 6.30. The van der Waals surface area contributed by atoms with Crippen LogP contribution in [0.4, 0.5) is 0 Å². The highest BCUT2D eigenvalue weighted by Crippen LogP contribution is 2.65. The Morgan fingerprint density at radius 3 is 1.38 bits per heavy atom. The lowest BCUT2D eigenvalue weighted by Gasteiger charge is -2.58. The Balaban J connectivity index is 4.48. The van der Waals surface area contributed by atoms with E-state index in [1.54, 1.807) is 6.92 Å². The van der Waals surface area contributed by atoms with Gasteiger partial charge in [-0.3, -0.25) is 13.6 Å². The predicted octanol–water partition coefficient (Wildman–Crippen LogP) is 1.61. The molecule has 0 aromatic carbocycles. The van der Waals surface area contributed by atoms with Gasteiger partial charge in [0.15, 0.2) is 11.7 Å². The first-order chi connectivity index (χ1) is 26.0. The number of phosphoric acid groups is 8. The lowest BCUT2D eigenvalue weighted by molar-refractivity contribution is -0.381. The van der Waals surface area contributed by atoms with E-state index < -0.39 is 125 Å². The Labute approximate surface area is 324 Å². The molecule has 42 heteroatoms.